The van der Waals surface area contributed by atoms with E-state index >= 15 is 0 Å². The molecule has 3 heteroatoms. The van der Waals surface area contributed by atoms with E-state index in [0.717, 1.165) is 22.4 Å². The summed E-state index contributed by atoms with van der Waals surface area (Å²) in [6.07, 6.45) is 0. The molecule has 2 atom stereocenters. The molecule has 0 aromatic heterocycles. The molecule has 0 unspecified atom stereocenters. The minimum atomic E-state index is -1.41. The number of benzene rings is 4. The smallest absolute Gasteiger partial charge is 0.183 e. The van der Waals surface area contributed by atoms with E-state index in [1.165, 1.54) is 0 Å². The van der Waals surface area contributed by atoms with Crippen molar-refractivity contribution in [1.82, 2.24) is 0 Å². The van der Waals surface area contributed by atoms with E-state index < -0.39 is 11.5 Å². The van der Waals surface area contributed by atoms with Gasteiger partial charge in [-0.25, -0.2) is 0 Å². The van der Waals surface area contributed by atoms with Crippen LogP contribution in [-0.2, 0) is 5.41 Å². The zero-order chi connectivity index (χ0) is 23.0. The zero-order valence-electron chi connectivity index (χ0n) is 18.7. The first kappa shape index (κ1) is 20.9. The van der Waals surface area contributed by atoms with Crippen LogP contribution in [0.2, 0.25) is 0 Å². The van der Waals surface area contributed by atoms with E-state index in [2.05, 4.69) is 4.90 Å². The van der Waals surface area contributed by atoms with Crippen molar-refractivity contribution < 1.29 is 9.59 Å². The largest absolute Gasteiger partial charge is 0.365 e. The SMILES string of the molecule is Cc1ccc(C(=O)[C@@]2(C(=O)c3ccccc3)c3ccccc3N(C)[C@@H]2c2ccccc2)cc1. The van der Waals surface area contributed by atoms with Crippen LogP contribution in [-0.4, -0.2) is 18.6 Å². The molecule has 0 amide bonds. The highest BCUT2D eigenvalue weighted by Crippen LogP contribution is 2.55. The molecule has 0 bridgehead atoms. The average molecular weight is 432 g/mol. The van der Waals surface area contributed by atoms with Gasteiger partial charge in [0.05, 0.1) is 6.04 Å². The zero-order valence-corrected chi connectivity index (χ0v) is 18.7. The Hall–Kier alpha value is -3.98. The van der Waals surface area contributed by atoms with Crippen LogP contribution in [0.4, 0.5) is 5.69 Å². The Kier molecular flexibility index (Phi) is 5.18. The van der Waals surface area contributed by atoms with Gasteiger partial charge in [-0.15, -0.1) is 0 Å². The number of Topliss-reactive ketones (excluding diaryl/α,β-unsaturated/α-hetero) is 2. The van der Waals surface area contributed by atoms with Crippen molar-refractivity contribution in [1.29, 1.82) is 0 Å². The number of nitrogens with zero attached hydrogens (tertiary/aromatic N) is 1. The molecule has 0 radical (unpaired) electrons. The fraction of sp³-hybridized carbons (Fsp3) is 0.133. The van der Waals surface area contributed by atoms with E-state index in [0.29, 0.717) is 11.1 Å². The van der Waals surface area contributed by atoms with Crippen LogP contribution in [0.15, 0.2) is 109 Å². The minimum Gasteiger partial charge on any atom is -0.365 e. The number of hydrogen-bond donors (Lipinski definition) is 0. The number of rotatable bonds is 5. The van der Waals surface area contributed by atoms with Crippen molar-refractivity contribution in [3.63, 3.8) is 0 Å². The number of likely N-dealkylation sites (N-methyl/N-ethyl adjacent to an activating group) is 1. The number of carbonyl (C=O) groups is 2. The number of carbonyl (C=O) groups excluding carboxylic acids is 2. The summed E-state index contributed by atoms with van der Waals surface area (Å²) in [6.45, 7) is 1.99. The maximum atomic E-state index is 14.5. The van der Waals surface area contributed by atoms with Crippen LogP contribution in [0.3, 0.4) is 0 Å². The van der Waals surface area contributed by atoms with Gasteiger partial charge in [-0.05, 0) is 24.1 Å². The fourth-order valence-corrected chi connectivity index (χ4v) is 5.15. The number of anilines is 1. The molecule has 33 heavy (non-hydrogen) atoms. The lowest BCUT2D eigenvalue weighted by atomic mass is 9.65. The van der Waals surface area contributed by atoms with Crippen molar-refractivity contribution in [3.8, 4) is 0 Å². The first-order valence-electron chi connectivity index (χ1n) is 11.1. The molecule has 5 rings (SSSR count). The van der Waals surface area contributed by atoms with Crippen LogP contribution >= 0.6 is 0 Å². The number of ketones is 2. The van der Waals surface area contributed by atoms with Gasteiger partial charge in [0.25, 0.3) is 0 Å². The Labute approximate surface area is 194 Å². The van der Waals surface area contributed by atoms with Crippen molar-refractivity contribution in [2.45, 2.75) is 18.4 Å². The third kappa shape index (κ3) is 3.20. The van der Waals surface area contributed by atoms with E-state index in [9.17, 15) is 9.59 Å². The third-order valence-electron chi connectivity index (χ3n) is 6.69. The summed E-state index contributed by atoms with van der Waals surface area (Å²) in [6, 6.07) is 33.9. The van der Waals surface area contributed by atoms with Crippen LogP contribution in [0.1, 0.15) is 43.4 Å². The van der Waals surface area contributed by atoms with Crippen LogP contribution in [0, 0.1) is 6.92 Å². The van der Waals surface area contributed by atoms with Crippen LogP contribution in [0.5, 0.6) is 0 Å². The number of hydrogen-bond acceptors (Lipinski definition) is 3. The second-order valence-corrected chi connectivity index (χ2v) is 8.64. The molecule has 0 saturated heterocycles. The average Bonchev–Trinajstić information content (AvgIpc) is 3.14. The maximum absolute atomic E-state index is 14.5. The van der Waals surface area contributed by atoms with Crippen molar-refractivity contribution in [3.05, 3.63) is 137 Å². The fourth-order valence-electron chi connectivity index (χ4n) is 5.15. The third-order valence-corrected chi connectivity index (χ3v) is 6.69. The van der Waals surface area contributed by atoms with E-state index in [1.54, 1.807) is 12.1 Å². The standard InChI is InChI=1S/C30H25NO2/c1-21-17-19-24(20-18-21)29(33)30(28(32)23-13-7-4-8-14-23)25-15-9-10-16-26(25)31(2)27(30)22-11-5-3-6-12-22/h3-20,27H,1-2H3/t27-,30+/m1/s1. The molecule has 4 aromatic rings. The molecule has 4 aromatic carbocycles. The Morgan fingerprint density at radius 2 is 1.18 bits per heavy atom. The second kappa shape index (κ2) is 8.18. The summed E-state index contributed by atoms with van der Waals surface area (Å²) in [5.74, 6) is -0.360. The van der Waals surface area contributed by atoms with Gasteiger partial charge in [0.2, 0.25) is 0 Å². The lowest BCUT2D eigenvalue weighted by Crippen LogP contribution is -2.49. The van der Waals surface area contributed by atoms with Gasteiger partial charge in [-0.3, -0.25) is 9.59 Å². The van der Waals surface area contributed by atoms with Crippen LogP contribution < -0.4 is 4.90 Å². The van der Waals surface area contributed by atoms with Gasteiger partial charge in [0.1, 0.15) is 5.41 Å². The molecular formula is C30H25NO2. The molecule has 0 spiro atoms. The quantitative estimate of drug-likeness (QED) is 0.279. The van der Waals surface area contributed by atoms with Gasteiger partial charge in [0, 0.05) is 23.9 Å². The predicted octanol–water partition coefficient (Wildman–Crippen LogP) is 6.19. The molecule has 1 heterocycles. The van der Waals surface area contributed by atoms with E-state index in [-0.39, 0.29) is 11.6 Å². The first-order valence-corrected chi connectivity index (χ1v) is 11.1. The van der Waals surface area contributed by atoms with Crippen LogP contribution in [0.25, 0.3) is 0 Å². The summed E-state index contributed by atoms with van der Waals surface area (Å²) < 4.78 is 0. The highest BCUT2D eigenvalue weighted by molar-refractivity contribution is 6.26. The highest BCUT2D eigenvalue weighted by Gasteiger charge is 2.60. The molecular weight excluding hydrogens is 406 g/mol. The summed E-state index contributed by atoms with van der Waals surface area (Å²) in [5.41, 5.74) is 3.31. The van der Waals surface area contributed by atoms with Gasteiger partial charge < -0.3 is 4.90 Å². The molecule has 0 aliphatic carbocycles. The van der Waals surface area contributed by atoms with Gasteiger partial charge in [-0.1, -0.05) is 109 Å². The van der Waals surface area contributed by atoms with Gasteiger partial charge >= 0.3 is 0 Å². The Bertz CT molecular complexity index is 1310. The normalized spacial score (nSPS) is 19.2. The minimum absolute atomic E-state index is 0.179. The van der Waals surface area contributed by atoms with Crippen molar-refractivity contribution in [2.24, 2.45) is 0 Å². The maximum Gasteiger partial charge on any atom is 0.183 e. The molecule has 1 aliphatic heterocycles. The van der Waals surface area contributed by atoms with Gasteiger partial charge in [0.15, 0.2) is 11.6 Å². The van der Waals surface area contributed by atoms with E-state index in [4.69, 9.17) is 0 Å². The lowest BCUT2D eigenvalue weighted by Gasteiger charge is -2.36. The predicted molar refractivity (Wildman–Crippen MR) is 132 cm³/mol. The topological polar surface area (TPSA) is 37.4 Å². The molecule has 3 nitrogen and oxygen atoms in total. The molecule has 0 fully saturated rings. The summed E-state index contributed by atoms with van der Waals surface area (Å²) in [5, 5.41) is 0. The summed E-state index contributed by atoms with van der Waals surface area (Å²) in [4.78, 5) is 31.1. The Morgan fingerprint density at radius 1 is 0.667 bits per heavy atom. The lowest BCUT2D eigenvalue weighted by molar-refractivity contribution is 0.0740. The Balaban J connectivity index is 1.85. The number of aryl methyl sites for hydroxylation is 1. The Morgan fingerprint density at radius 3 is 1.82 bits per heavy atom. The summed E-state index contributed by atoms with van der Waals surface area (Å²) in [7, 11) is 1.97. The van der Waals surface area contributed by atoms with E-state index in [1.807, 2.05) is 111 Å². The highest BCUT2D eigenvalue weighted by atomic mass is 16.2. The molecule has 1 aliphatic rings. The molecule has 0 saturated carbocycles. The first-order chi connectivity index (χ1) is 16.0. The van der Waals surface area contributed by atoms with Crippen molar-refractivity contribution >= 4 is 17.3 Å². The monoisotopic (exact) mass is 431 g/mol. The molecule has 0 N–H and O–H groups in total. The number of para-hydroxylation sites is 1. The van der Waals surface area contributed by atoms with Gasteiger partial charge in [-0.2, -0.15) is 0 Å². The number of fused-ring (bicyclic) bond motifs is 1. The van der Waals surface area contributed by atoms with Crippen molar-refractivity contribution in [2.75, 3.05) is 11.9 Å². The molecule has 162 valence electrons. The second-order valence-electron chi connectivity index (χ2n) is 8.64. The summed E-state index contributed by atoms with van der Waals surface area (Å²) >= 11 is 0.